The van der Waals surface area contributed by atoms with E-state index in [0.717, 1.165) is 5.06 Å². The van der Waals surface area contributed by atoms with Gasteiger partial charge >= 0.3 is 11.9 Å². The number of carbonyl (C=O) groups excluding carboxylic acids is 1. The van der Waals surface area contributed by atoms with Gasteiger partial charge in [-0.15, -0.1) is 11.3 Å². The minimum absolute atomic E-state index is 0.0395. The van der Waals surface area contributed by atoms with Crippen molar-refractivity contribution in [3.63, 3.8) is 0 Å². The van der Waals surface area contributed by atoms with Gasteiger partial charge in [-0.2, -0.15) is 5.06 Å². The zero-order chi connectivity index (χ0) is 32.0. The van der Waals surface area contributed by atoms with Crippen LogP contribution in [0.4, 0.5) is 13.2 Å². The molecule has 1 aromatic heterocycles. The lowest BCUT2D eigenvalue weighted by molar-refractivity contribution is -0.202. The standard InChI is InChI=1S/C29H34F3N5O6S/c1-5-42-26(39)21-18(34-24(25-33-9-10-44-25)35-22(21)16-7-6-8-17(30)15(16)2)11-36-14-29(31,32)23-19(36)13-43-37(23)12-20(38)28(3,4)27(40)41/h6-10,19-20,22-23,38H,5,11-14H2,1-4H3,(H,34,35)(H,40,41)/t19-,20+,22-,23+/m0/s1. The molecular formula is C29H34F3N5O6S. The van der Waals surface area contributed by atoms with Gasteiger partial charge in [0, 0.05) is 23.8 Å². The quantitative estimate of drug-likeness (QED) is 0.334. The Hall–Kier alpha value is -3.37. The second-order valence-electron chi connectivity index (χ2n) is 11.5. The first kappa shape index (κ1) is 32.0. The number of likely N-dealkylation sites (tertiary alicyclic amines) is 1. The second-order valence-corrected chi connectivity index (χ2v) is 12.4. The molecule has 4 heterocycles. The van der Waals surface area contributed by atoms with Crippen LogP contribution in [0.15, 0.2) is 46.0 Å². The normalized spacial score (nSPS) is 24.5. The summed E-state index contributed by atoms with van der Waals surface area (Å²) in [6.45, 7) is 4.41. The number of aliphatic hydroxyl groups is 1. The summed E-state index contributed by atoms with van der Waals surface area (Å²) >= 11 is 1.28. The number of hydrogen-bond acceptors (Lipinski definition) is 11. The molecule has 1 aromatic carbocycles. The Bertz CT molecular complexity index is 1480. The third kappa shape index (κ3) is 5.86. The van der Waals surface area contributed by atoms with Crippen molar-refractivity contribution in [2.24, 2.45) is 10.4 Å². The van der Waals surface area contributed by atoms with Gasteiger partial charge in [-0.05, 0) is 44.9 Å². The van der Waals surface area contributed by atoms with Crippen LogP contribution in [0.1, 0.15) is 42.9 Å². The Morgan fingerprint density at radius 1 is 1.34 bits per heavy atom. The third-order valence-corrected chi connectivity index (χ3v) is 9.14. The molecule has 0 bridgehead atoms. The van der Waals surface area contributed by atoms with Crippen LogP contribution in [0.5, 0.6) is 0 Å². The molecule has 0 amide bonds. The van der Waals surface area contributed by atoms with Gasteiger partial charge < -0.3 is 20.3 Å². The van der Waals surface area contributed by atoms with E-state index in [2.05, 4.69) is 10.3 Å². The molecule has 3 aliphatic rings. The summed E-state index contributed by atoms with van der Waals surface area (Å²) in [4.78, 5) is 41.2. The number of nitrogens with zero attached hydrogens (tertiary/aromatic N) is 4. The smallest absolute Gasteiger partial charge is 0.338 e. The summed E-state index contributed by atoms with van der Waals surface area (Å²) in [7, 11) is 0. The number of aliphatic imine (C=N–C) groups is 1. The first-order valence-corrected chi connectivity index (χ1v) is 15.0. The molecule has 0 spiro atoms. The van der Waals surface area contributed by atoms with Crippen molar-refractivity contribution in [2.45, 2.75) is 57.8 Å². The average Bonchev–Trinajstić information content (AvgIpc) is 3.69. The Morgan fingerprint density at radius 3 is 2.75 bits per heavy atom. The molecule has 4 atom stereocenters. The SMILES string of the molecule is CCOC(=O)C1=C(CN2CC(F)(F)[C@H]3[C@@H]2CON3C[C@@H](O)C(C)(C)C(=O)O)NC(c2nccs2)=N[C@H]1c1cccc(F)c1C. The van der Waals surface area contributed by atoms with E-state index < -0.39 is 66.4 Å². The van der Waals surface area contributed by atoms with E-state index in [1.807, 2.05) is 0 Å². The number of carboxylic acids is 1. The number of alkyl halides is 2. The molecular weight excluding hydrogens is 603 g/mol. The number of aromatic nitrogens is 1. The molecule has 238 valence electrons. The monoisotopic (exact) mass is 637 g/mol. The van der Waals surface area contributed by atoms with Gasteiger partial charge in [0.15, 0.2) is 10.8 Å². The number of ether oxygens (including phenoxy) is 1. The van der Waals surface area contributed by atoms with E-state index in [1.165, 1.54) is 42.2 Å². The lowest BCUT2D eigenvalue weighted by Crippen LogP contribution is -2.51. The van der Waals surface area contributed by atoms with Crippen LogP contribution in [0.25, 0.3) is 0 Å². The second kappa shape index (κ2) is 12.2. The summed E-state index contributed by atoms with van der Waals surface area (Å²) in [6.07, 6.45) is 0.0848. The zero-order valence-electron chi connectivity index (χ0n) is 24.6. The number of rotatable bonds is 10. The number of carbonyl (C=O) groups is 2. The van der Waals surface area contributed by atoms with Gasteiger partial charge in [-0.25, -0.2) is 22.9 Å². The first-order valence-electron chi connectivity index (χ1n) is 14.1. The fraction of sp³-hybridized carbons (Fsp3) is 0.517. The molecule has 0 radical (unpaired) electrons. The number of β-amino-alcohol motifs (C(OH)–C–C–N with tert-alkyl or cyclic N) is 1. The third-order valence-electron chi connectivity index (χ3n) is 8.36. The van der Waals surface area contributed by atoms with Crippen molar-refractivity contribution in [1.29, 1.82) is 0 Å². The summed E-state index contributed by atoms with van der Waals surface area (Å²) < 4.78 is 51.3. The predicted molar refractivity (Wildman–Crippen MR) is 154 cm³/mol. The van der Waals surface area contributed by atoms with Gasteiger partial charge in [0.2, 0.25) is 0 Å². The lowest BCUT2D eigenvalue weighted by atomic mass is 9.86. The summed E-state index contributed by atoms with van der Waals surface area (Å²) in [5.41, 5.74) is -0.605. The minimum atomic E-state index is -3.31. The number of halogens is 3. The number of aliphatic hydroxyl groups excluding tert-OH is 1. The Morgan fingerprint density at radius 2 is 2.09 bits per heavy atom. The van der Waals surface area contributed by atoms with Gasteiger partial charge in [0.25, 0.3) is 5.92 Å². The van der Waals surface area contributed by atoms with Crippen molar-refractivity contribution >= 4 is 29.1 Å². The Balaban J connectivity index is 1.51. The molecule has 3 N–H and O–H groups in total. The maximum Gasteiger partial charge on any atom is 0.338 e. The van der Waals surface area contributed by atoms with Gasteiger partial charge in [-0.3, -0.25) is 19.5 Å². The van der Waals surface area contributed by atoms with Crippen molar-refractivity contribution in [1.82, 2.24) is 20.3 Å². The molecule has 5 rings (SSSR count). The van der Waals surface area contributed by atoms with Crippen LogP contribution in [-0.4, -0.2) is 99.9 Å². The maximum absolute atomic E-state index is 15.6. The zero-order valence-corrected chi connectivity index (χ0v) is 25.4. The van der Waals surface area contributed by atoms with Gasteiger partial charge in [0.05, 0.1) is 49.4 Å². The Kier molecular flexibility index (Phi) is 8.88. The topological polar surface area (TPSA) is 137 Å². The molecule has 2 aromatic rings. The Labute approximate surface area is 255 Å². The van der Waals surface area contributed by atoms with Crippen LogP contribution in [0, 0.1) is 18.2 Å². The molecule has 0 aliphatic carbocycles. The number of fused-ring (bicyclic) bond motifs is 1. The van der Waals surface area contributed by atoms with Crippen LogP contribution < -0.4 is 5.32 Å². The van der Waals surface area contributed by atoms with Crippen LogP contribution in [0.2, 0.25) is 0 Å². The van der Waals surface area contributed by atoms with E-state index in [0.29, 0.717) is 16.4 Å². The summed E-state index contributed by atoms with van der Waals surface area (Å²) in [6, 6.07) is 1.11. The summed E-state index contributed by atoms with van der Waals surface area (Å²) in [5, 5.41) is 26.4. The molecule has 2 saturated heterocycles. The molecule has 0 saturated carbocycles. The fourth-order valence-corrected chi connectivity index (χ4v) is 6.25. The van der Waals surface area contributed by atoms with Crippen LogP contribution in [-0.2, 0) is 19.2 Å². The summed E-state index contributed by atoms with van der Waals surface area (Å²) in [5.74, 6) is -5.50. The molecule has 2 fully saturated rings. The number of nitrogens with one attached hydrogen (secondary N) is 1. The highest BCUT2D eigenvalue weighted by Crippen LogP contribution is 2.42. The van der Waals surface area contributed by atoms with Crippen molar-refractivity contribution in [3.8, 4) is 0 Å². The number of benzene rings is 1. The van der Waals surface area contributed by atoms with Gasteiger partial charge in [-0.1, -0.05) is 12.1 Å². The largest absolute Gasteiger partial charge is 0.481 e. The van der Waals surface area contributed by atoms with Crippen molar-refractivity contribution in [3.05, 3.63) is 63.0 Å². The highest BCUT2D eigenvalue weighted by atomic mass is 32.1. The van der Waals surface area contributed by atoms with E-state index >= 15 is 8.78 Å². The predicted octanol–water partition coefficient (Wildman–Crippen LogP) is 2.91. The average molecular weight is 638 g/mol. The minimum Gasteiger partial charge on any atom is -0.481 e. The number of aliphatic carboxylic acids is 1. The molecule has 44 heavy (non-hydrogen) atoms. The lowest BCUT2D eigenvalue weighted by Gasteiger charge is -2.32. The van der Waals surface area contributed by atoms with Crippen molar-refractivity contribution < 1.29 is 42.5 Å². The maximum atomic E-state index is 15.6. The number of hydroxylamine groups is 2. The highest BCUT2D eigenvalue weighted by molar-refractivity contribution is 7.11. The first-order chi connectivity index (χ1) is 20.8. The van der Waals surface area contributed by atoms with E-state index in [4.69, 9.17) is 14.6 Å². The van der Waals surface area contributed by atoms with E-state index in [9.17, 15) is 24.2 Å². The molecule has 15 heteroatoms. The van der Waals surface area contributed by atoms with E-state index in [-0.39, 0.29) is 36.6 Å². The van der Waals surface area contributed by atoms with Crippen LogP contribution in [0.3, 0.4) is 0 Å². The molecule has 11 nitrogen and oxygen atoms in total. The molecule has 0 unspecified atom stereocenters. The number of thiazole rings is 1. The van der Waals surface area contributed by atoms with E-state index in [1.54, 1.807) is 31.5 Å². The van der Waals surface area contributed by atoms with Crippen molar-refractivity contribution in [2.75, 3.05) is 32.8 Å². The van der Waals surface area contributed by atoms with Crippen LogP contribution >= 0.6 is 11.3 Å². The van der Waals surface area contributed by atoms with Gasteiger partial charge in [0.1, 0.15) is 17.9 Å². The fourth-order valence-electron chi connectivity index (χ4n) is 5.66. The number of carboxylic acid groups (broad SMARTS) is 1. The molecule has 3 aliphatic heterocycles. The number of esters is 1. The number of hydrogen-bond donors (Lipinski definition) is 3. The number of amidine groups is 1. The highest BCUT2D eigenvalue weighted by Gasteiger charge is 2.61.